The van der Waals surface area contributed by atoms with Gasteiger partial charge >= 0.3 is 6.03 Å². The Labute approximate surface area is 128 Å². The highest BCUT2D eigenvalue weighted by atomic mass is 19.1. The number of aliphatic hydroxyl groups is 1. The Morgan fingerprint density at radius 3 is 3.05 bits per heavy atom. The van der Waals surface area contributed by atoms with Crippen molar-refractivity contribution < 1.29 is 14.3 Å². The van der Waals surface area contributed by atoms with E-state index in [9.17, 15) is 14.3 Å². The number of nitrogens with zero attached hydrogens (tertiary/aromatic N) is 2. The standard InChI is InChI=1S/C15H21FN4O2/c16-12-3-1-7-17-13(12)20-8-4-11(9-20)19-14(21)18-10-15(22)5-2-6-15/h1,3,7,11,22H,2,4-6,8-10H2,(H2,18,19,21). The molecule has 1 aromatic rings. The van der Waals surface area contributed by atoms with Crippen LogP contribution in [0.25, 0.3) is 0 Å². The van der Waals surface area contributed by atoms with Gasteiger partial charge in [-0.3, -0.25) is 0 Å². The van der Waals surface area contributed by atoms with E-state index in [4.69, 9.17) is 0 Å². The average Bonchev–Trinajstić information content (AvgIpc) is 2.92. The highest BCUT2D eigenvalue weighted by Crippen LogP contribution is 2.30. The van der Waals surface area contributed by atoms with Crippen LogP contribution in [0.1, 0.15) is 25.7 Å². The molecule has 6 nitrogen and oxygen atoms in total. The molecule has 2 amide bonds. The van der Waals surface area contributed by atoms with Crippen molar-refractivity contribution in [2.24, 2.45) is 0 Å². The molecular weight excluding hydrogens is 287 g/mol. The van der Waals surface area contributed by atoms with Crippen LogP contribution in [0, 0.1) is 5.82 Å². The second-order valence-corrected chi connectivity index (χ2v) is 6.15. The number of aromatic nitrogens is 1. The molecule has 0 spiro atoms. The summed E-state index contributed by atoms with van der Waals surface area (Å²) in [5.74, 6) is -0.0178. The molecule has 1 saturated heterocycles. The van der Waals surface area contributed by atoms with E-state index in [0.29, 0.717) is 18.9 Å². The van der Waals surface area contributed by atoms with Crippen molar-refractivity contribution in [2.75, 3.05) is 24.5 Å². The smallest absolute Gasteiger partial charge is 0.315 e. The van der Waals surface area contributed by atoms with Gasteiger partial charge in [0, 0.05) is 31.9 Å². The molecule has 1 unspecified atom stereocenters. The van der Waals surface area contributed by atoms with E-state index in [1.807, 2.05) is 4.90 Å². The average molecular weight is 308 g/mol. The molecule has 22 heavy (non-hydrogen) atoms. The monoisotopic (exact) mass is 308 g/mol. The summed E-state index contributed by atoms with van der Waals surface area (Å²) in [6, 6.07) is 2.62. The molecule has 0 radical (unpaired) electrons. The quantitative estimate of drug-likeness (QED) is 0.776. The van der Waals surface area contributed by atoms with Gasteiger partial charge in [-0.2, -0.15) is 0 Å². The van der Waals surface area contributed by atoms with Gasteiger partial charge in [0.05, 0.1) is 5.60 Å². The van der Waals surface area contributed by atoms with E-state index in [1.165, 1.54) is 6.07 Å². The second-order valence-electron chi connectivity index (χ2n) is 6.15. The number of carbonyl (C=O) groups is 1. The van der Waals surface area contributed by atoms with Crippen LogP contribution in [-0.4, -0.2) is 47.4 Å². The summed E-state index contributed by atoms with van der Waals surface area (Å²) in [6.45, 7) is 1.47. The predicted molar refractivity (Wildman–Crippen MR) is 80.1 cm³/mol. The van der Waals surface area contributed by atoms with Crippen molar-refractivity contribution in [1.82, 2.24) is 15.6 Å². The van der Waals surface area contributed by atoms with Crippen molar-refractivity contribution in [3.8, 4) is 0 Å². The third-order valence-corrected chi connectivity index (χ3v) is 4.42. The van der Waals surface area contributed by atoms with Gasteiger partial charge in [-0.25, -0.2) is 14.2 Å². The van der Waals surface area contributed by atoms with Gasteiger partial charge in [-0.15, -0.1) is 0 Å². The van der Waals surface area contributed by atoms with Crippen LogP contribution in [0.4, 0.5) is 15.0 Å². The first-order valence-corrected chi connectivity index (χ1v) is 7.68. The second kappa shape index (κ2) is 6.08. The van der Waals surface area contributed by atoms with Crippen molar-refractivity contribution in [2.45, 2.75) is 37.3 Å². The Hall–Kier alpha value is -1.89. The SMILES string of the molecule is O=C(NCC1(O)CCC1)NC1CCN(c2ncccc2F)C1. The first-order valence-electron chi connectivity index (χ1n) is 7.68. The maximum absolute atomic E-state index is 13.7. The summed E-state index contributed by atoms with van der Waals surface area (Å²) < 4.78 is 13.7. The number of nitrogens with one attached hydrogen (secondary N) is 2. The van der Waals surface area contributed by atoms with Gasteiger partial charge < -0.3 is 20.6 Å². The Morgan fingerprint density at radius 2 is 2.36 bits per heavy atom. The number of urea groups is 1. The summed E-state index contributed by atoms with van der Waals surface area (Å²) in [5.41, 5.74) is -0.726. The van der Waals surface area contributed by atoms with Gasteiger partial charge in [0.25, 0.3) is 0 Å². The lowest BCUT2D eigenvalue weighted by Crippen LogP contribution is -2.51. The van der Waals surface area contributed by atoms with Gasteiger partial charge in [0.1, 0.15) is 0 Å². The number of carbonyl (C=O) groups excluding carboxylic acids is 1. The molecule has 1 saturated carbocycles. The van der Waals surface area contributed by atoms with Crippen LogP contribution in [0.15, 0.2) is 18.3 Å². The minimum atomic E-state index is -0.726. The fourth-order valence-corrected chi connectivity index (χ4v) is 2.92. The van der Waals surface area contributed by atoms with E-state index >= 15 is 0 Å². The van der Waals surface area contributed by atoms with Gasteiger partial charge in [-0.05, 0) is 37.8 Å². The Kier molecular flexibility index (Phi) is 4.15. The zero-order valence-electron chi connectivity index (χ0n) is 12.4. The van der Waals surface area contributed by atoms with Gasteiger partial charge in [0.15, 0.2) is 11.6 Å². The summed E-state index contributed by atoms with van der Waals surface area (Å²) in [5, 5.41) is 15.5. The van der Waals surface area contributed by atoms with Crippen LogP contribution >= 0.6 is 0 Å². The Balaban J connectivity index is 1.46. The number of hydrogen-bond acceptors (Lipinski definition) is 4. The number of rotatable bonds is 4. The number of halogens is 1. The van der Waals surface area contributed by atoms with Crippen LogP contribution in [0.5, 0.6) is 0 Å². The summed E-state index contributed by atoms with van der Waals surface area (Å²) in [7, 11) is 0. The molecule has 2 heterocycles. The molecule has 0 aromatic carbocycles. The molecule has 120 valence electrons. The lowest BCUT2D eigenvalue weighted by atomic mass is 9.80. The molecular formula is C15H21FN4O2. The molecule has 7 heteroatoms. The molecule has 1 atom stereocenters. The molecule has 0 bridgehead atoms. The van der Waals surface area contributed by atoms with E-state index in [0.717, 1.165) is 25.7 Å². The molecule has 1 aliphatic heterocycles. The third-order valence-electron chi connectivity index (χ3n) is 4.42. The zero-order chi connectivity index (χ0) is 15.6. The minimum absolute atomic E-state index is 0.0440. The molecule has 1 aliphatic carbocycles. The Bertz CT molecular complexity index is 550. The maximum atomic E-state index is 13.7. The highest BCUT2D eigenvalue weighted by Gasteiger charge is 2.35. The number of hydrogen-bond donors (Lipinski definition) is 3. The number of amides is 2. The van der Waals surface area contributed by atoms with E-state index in [-0.39, 0.29) is 24.4 Å². The zero-order valence-corrected chi connectivity index (χ0v) is 12.4. The fraction of sp³-hybridized carbons (Fsp3) is 0.600. The van der Waals surface area contributed by atoms with Crippen LogP contribution < -0.4 is 15.5 Å². The normalized spacial score (nSPS) is 23.0. The van der Waals surface area contributed by atoms with Crippen molar-refractivity contribution >= 4 is 11.8 Å². The molecule has 1 aromatic heterocycles. The lowest BCUT2D eigenvalue weighted by Gasteiger charge is -2.36. The minimum Gasteiger partial charge on any atom is -0.388 e. The van der Waals surface area contributed by atoms with E-state index in [1.54, 1.807) is 12.3 Å². The Morgan fingerprint density at radius 1 is 1.55 bits per heavy atom. The molecule has 2 aliphatic rings. The first kappa shape index (κ1) is 15.0. The maximum Gasteiger partial charge on any atom is 0.315 e. The summed E-state index contributed by atoms with van der Waals surface area (Å²) in [4.78, 5) is 17.7. The molecule has 3 N–H and O–H groups in total. The lowest BCUT2D eigenvalue weighted by molar-refractivity contribution is -0.0290. The predicted octanol–water partition coefficient (Wildman–Crippen LogP) is 1.01. The van der Waals surface area contributed by atoms with Gasteiger partial charge in [-0.1, -0.05) is 0 Å². The van der Waals surface area contributed by atoms with Crippen LogP contribution in [-0.2, 0) is 0 Å². The van der Waals surface area contributed by atoms with Gasteiger partial charge in [0.2, 0.25) is 0 Å². The van der Waals surface area contributed by atoms with Crippen molar-refractivity contribution in [1.29, 1.82) is 0 Å². The highest BCUT2D eigenvalue weighted by molar-refractivity contribution is 5.74. The first-order chi connectivity index (χ1) is 10.6. The van der Waals surface area contributed by atoms with E-state index in [2.05, 4.69) is 15.6 Å². The molecule has 2 fully saturated rings. The largest absolute Gasteiger partial charge is 0.388 e. The van der Waals surface area contributed by atoms with Crippen LogP contribution in [0.3, 0.4) is 0 Å². The molecule has 3 rings (SSSR count). The summed E-state index contributed by atoms with van der Waals surface area (Å²) in [6.07, 6.45) is 4.79. The summed E-state index contributed by atoms with van der Waals surface area (Å²) >= 11 is 0. The number of anilines is 1. The van der Waals surface area contributed by atoms with Crippen molar-refractivity contribution in [3.63, 3.8) is 0 Å². The van der Waals surface area contributed by atoms with E-state index < -0.39 is 5.60 Å². The number of pyridine rings is 1. The fourth-order valence-electron chi connectivity index (χ4n) is 2.92. The topological polar surface area (TPSA) is 77.5 Å². The van der Waals surface area contributed by atoms with Crippen LogP contribution in [0.2, 0.25) is 0 Å². The third kappa shape index (κ3) is 3.30. The van der Waals surface area contributed by atoms with Crippen molar-refractivity contribution in [3.05, 3.63) is 24.1 Å².